The lowest BCUT2D eigenvalue weighted by Crippen LogP contribution is -2.62. The number of amides is 2. The number of benzene rings is 1. The van der Waals surface area contributed by atoms with Gasteiger partial charge in [0.15, 0.2) is 0 Å². The van der Waals surface area contributed by atoms with Gasteiger partial charge in [0.1, 0.15) is 12.1 Å². The SMILES string of the molecule is CC[C@H](C)[C@@H]1NC(=O)[C@@H]2C[C@H](NCc3cc4ccccc4s3)CN2C1=O. The fraction of sp³-hybridized carbons (Fsp3) is 0.500. The lowest BCUT2D eigenvalue weighted by molar-refractivity contribution is -0.148. The maximum atomic E-state index is 12.8. The molecule has 2 amide bonds. The molecule has 2 aromatic rings. The average molecular weight is 372 g/mol. The fourth-order valence-corrected chi connectivity index (χ4v) is 4.97. The first kappa shape index (κ1) is 17.5. The summed E-state index contributed by atoms with van der Waals surface area (Å²) in [5.41, 5.74) is 0. The van der Waals surface area contributed by atoms with E-state index < -0.39 is 0 Å². The first-order chi connectivity index (χ1) is 12.6. The highest BCUT2D eigenvalue weighted by Crippen LogP contribution is 2.28. The van der Waals surface area contributed by atoms with Crippen molar-refractivity contribution in [2.45, 2.75) is 51.4 Å². The van der Waals surface area contributed by atoms with Gasteiger partial charge in [-0.3, -0.25) is 9.59 Å². The van der Waals surface area contributed by atoms with Crippen LogP contribution in [0.5, 0.6) is 0 Å². The molecule has 0 aliphatic carbocycles. The van der Waals surface area contributed by atoms with Gasteiger partial charge in [-0.2, -0.15) is 0 Å². The Balaban J connectivity index is 1.41. The highest BCUT2D eigenvalue weighted by molar-refractivity contribution is 7.19. The number of nitrogens with zero attached hydrogens (tertiary/aromatic N) is 1. The second-order valence-corrected chi connectivity index (χ2v) is 8.61. The Morgan fingerprint density at radius 1 is 1.35 bits per heavy atom. The van der Waals surface area contributed by atoms with Crippen molar-refractivity contribution in [3.8, 4) is 0 Å². The molecule has 0 bridgehead atoms. The number of thiophene rings is 1. The molecule has 0 radical (unpaired) electrons. The number of fused-ring (bicyclic) bond motifs is 2. The van der Waals surface area contributed by atoms with Crippen LogP contribution >= 0.6 is 11.3 Å². The second kappa shape index (κ2) is 7.00. The number of hydrogen-bond donors (Lipinski definition) is 2. The lowest BCUT2D eigenvalue weighted by Gasteiger charge is -2.36. The molecule has 0 unspecified atom stereocenters. The van der Waals surface area contributed by atoms with Gasteiger partial charge in [-0.1, -0.05) is 38.5 Å². The zero-order chi connectivity index (χ0) is 18.3. The third kappa shape index (κ3) is 3.12. The van der Waals surface area contributed by atoms with Gasteiger partial charge in [-0.15, -0.1) is 11.3 Å². The molecule has 2 fully saturated rings. The number of carbonyl (C=O) groups excluding carboxylic acids is 2. The summed E-state index contributed by atoms with van der Waals surface area (Å²) in [5, 5.41) is 7.76. The van der Waals surface area contributed by atoms with E-state index in [9.17, 15) is 9.59 Å². The maximum absolute atomic E-state index is 12.8. The van der Waals surface area contributed by atoms with Gasteiger partial charge in [-0.05, 0) is 29.9 Å². The number of hydrogen-bond acceptors (Lipinski definition) is 4. The van der Waals surface area contributed by atoms with Gasteiger partial charge in [0, 0.05) is 28.7 Å². The summed E-state index contributed by atoms with van der Waals surface area (Å²) >= 11 is 1.79. The Morgan fingerprint density at radius 2 is 2.15 bits per heavy atom. The second-order valence-electron chi connectivity index (χ2n) is 7.44. The van der Waals surface area contributed by atoms with Gasteiger partial charge >= 0.3 is 0 Å². The third-order valence-corrected chi connectivity index (χ3v) is 6.82. The van der Waals surface area contributed by atoms with E-state index in [0.29, 0.717) is 13.0 Å². The monoisotopic (exact) mass is 371 g/mol. The summed E-state index contributed by atoms with van der Waals surface area (Å²) in [6, 6.07) is 10.1. The minimum Gasteiger partial charge on any atom is -0.342 e. The highest BCUT2D eigenvalue weighted by atomic mass is 32.1. The van der Waals surface area contributed by atoms with Crippen molar-refractivity contribution in [2.75, 3.05) is 6.54 Å². The van der Waals surface area contributed by atoms with Crippen molar-refractivity contribution in [1.82, 2.24) is 15.5 Å². The zero-order valence-corrected chi connectivity index (χ0v) is 16.0. The Kier molecular flexibility index (Phi) is 4.71. The van der Waals surface area contributed by atoms with Crippen molar-refractivity contribution in [3.63, 3.8) is 0 Å². The zero-order valence-electron chi connectivity index (χ0n) is 15.2. The van der Waals surface area contributed by atoms with Crippen molar-refractivity contribution < 1.29 is 9.59 Å². The predicted molar refractivity (Wildman–Crippen MR) is 104 cm³/mol. The van der Waals surface area contributed by atoms with Crippen LogP contribution in [0.1, 0.15) is 31.6 Å². The van der Waals surface area contributed by atoms with Crippen molar-refractivity contribution >= 4 is 33.2 Å². The highest BCUT2D eigenvalue weighted by Gasteiger charge is 2.47. The molecule has 4 rings (SSSR count). The third-order valence-electron chi connectivity index (χ3n) is 5.71. The van der Waals surface area contributed by atoms with E-state index in [2.05, 4.69) is 47.9 Å². The molecule has 26 heavy (non-hydrogen) atoms. The molecule has 5 nitrogen and oxygen atoms in total. The quantitative estimate of drug-likeness (QED) is 0.849. The number of piperazine rings is 1. The molecule has 0 spiro atoms. The standard InChI is InChI=1S/C20H25N3O2S/c1-3-12(2)18-20(25)23-11-14(9-16(23)19(24)22-18)21-10-15-8-13-6-4-5-7-17(13)26-15/h4-8,12,14,16,18,21H,3,9-11H2,1-2H3,(H,22,24)/t12-,14-,16-,18-/m0/s1. The van der Waals surface area contributed by atoms with Gasteiger partial charge in [0.2, 0.25) is 11.8 Å². The van der Waals surface area contributed by atoms with Crippen LogP contribution in [0.2, 0.25) is 0 Å². The summed E-state index contributed by atoms with van der Waals surface area (Å²) < 4.78 is 1.29. The lowest BCUT2D eigenvalue weighted by atomic mass is 9.95. The minimum absolute atomic E-state index is 0.000983. The maximum Gasteiger partial charge on any atom is 0.246 e. The Labute approximate surface area is 157 Å². The number of nitrogens with one attached hydrogen (secondary N) is 2. The predicted octanol–water partition coefficient (Wildman–Crippen LogP) is 2.50. The van der Waals surface area contributed by atoms with Crippen LogP contribution in [0.15, 0.2) is 30.3 Å². The molecular formula is C20H25N3O2S. The van der Waals surface area contributed by atoms with Gasteiger partial charge in [0.05, 0.1) is 0 Å². The normalized spacial score (nSPS) is 26.8. The van der Waals surface area contributed by atoms with Crippen LogP contribution in [-0.4, -0.2) is 41.4 Å². The summed E-state index contributed by atoms with van der Waals surface area (Å²) in [5.74, 6) is 0.245. The average Bonchev–Trinajstić information content (AvgIpc) is 3.26. The van der Waals surface area contributed by atoms with E-state index in [4.69, 9.17) is 0 Å². The summed E-state index contributed by atoms with van der Waals surface area (Å²) in [6.45, 7) is 5.47. The minimum atomic E-state index is -0.370. The topological polar surface area (TPSA) is 61.4 Å². The first-order valence-corrected chi connectivity index (χ1v) is 10.2. The van der Waals surface area contributed by atoms with E-state index in [1.54, 1.807) is 16.2 Å². The molecule has 138 valence electrons. The molecule has 2 N–H and O–H groups in total. The van der Waals surface area contributed by atoms with Gasteiger partial charge in [0.25, 0.3) is 0 Å². The molecule has 3 heterocycles. The Hall–Kier alpha value is -1.92. The molecule has 2 aliphatic heterocycles. The fourth-order valence-electron chi connectivity index (χ4n) is 3.96. The molecule has 6 heteroatoms. The summed E-state index contributed by atoms with van der Waals surface area (Å²) in [4.78, 5) is 28.3. The largest absolute Gasteiger partial charge is 0.342 e. The Bertz CT molecular complexity index is 800. The van der Waals surface area contributed by atoms with E-state index >= 15 is 0 Å². The molecule has 1 aromatic heterocycles. The first-order valence-electron chi connectivity index (χ1n) is 9.38. The van der Waals surface area contributed by atoms with Crippen LogP contribution in [0, 0.1) is 5.92 Å². The number of carbonyl (C=O) groups is 2. The van der Waals surface area contributed by atoms with Gasteiger partial charge < -0.3 is 15.5 Å². The molecule has 0 saturated carbocycles. The molecule has 1 aromatic carbocycles. The van der Waals surface area contributed by atoms with Crippen LogP contribution in [0.4, 0.5) is 0 Å². The van der Waals surface area contributed by atoms with Gasteiger partial charge in [-0.25, -0.2) is 0 Å². The van der Waals surface area contributed by atoms with E-state index in [-0.39, 0.29) is 35.9 Å². The van der Waals surface area contributed by atoms with Crippen LogP contribution in [0.25, 0.3) is 10.1 Å². The molecule has 4 atom stereocenters. The molecule has 2 saturated heterocycles. The van der Waals surface area contributed by atoms with Crippen LogP contribution in [0.3, 0.4) is 0 Å². The summed E-state index contributed by atoms with van der Waals surface area (Å²) in [6.07, 6.45) is 1.57. The van der Waals surface area contributed by atoms with Crippen molar-refractivity contribution in [1.29, 1.82) is 0 Å². The number of rotatable bonds is 5. The molecule has 2 aliphatic rings. The van der Waals surface area contributed by atoms with Crippen molar-refractivity contribution in [2.24, 2.45) is 5.92 Å². The van der Waals surface area contributed by atoms with Crippen molar-refractivity contribution in [3.05, 3.63) is 35.2 Å². The Morgan fingerprint density at radius 3 is 2.92 bits per heavy atom. The van der Waals surface area contributed by atoms with E-state index in [1.807, 2.05) is 6.92 Å². The smallest absolute Gasteiger partial charge is 0.246 e. The van der Waals surface area contributed by atoms with E-state index in [1.165, 1.54) is 15.0 Å². The van der Waals surface area contributed by atoms with E-state index in [0.717, 1.165) is 13.0 Å². The molecular weight excluding hydrogens is 346 g/mol. The van der Waals surface area contributed by atoms with Crippen LogP contribution < -0.4 is 10.6 Å². The van der Waals surface area contributed by atoms with Crippen LogP contribution in [-0.2, 0) is 16.1 Å². The summed E-state index contributed by atoms with van der Waals surface area (Å²) in [7, 11) is 0.